The Morgan fingerprint density at radius 2 is 2.22 bits per heavy atom. The summed E-state index contributed by atoms with van der Waals surface area (Å²) < 4.78 is 7.37. The second-order valence-corrected chi connectivity index (χ2v) is 7.11. The van der Waals surface area contributed by atoms with Crippen LogP contribution in [0.2, 0.25) is 0 Å². The molecule has 0 unspecified atom stereocenters. The van der Waals surface area contributed by atoms with Crippen molar-refractivity contribution in [3.05, 3.63) is 42.1 Å². The molecule has 1 fully saturated rings. The van der Waals surface area contributed by atoms with Crippen molar-refractivity contribution in [1.29, 1.82) is 0 Å². The van der Waals surface area contributed by atoms with Crippen LogP contribution in [0.3, 0.4) is 0 Å². The van der Waals surface area contributed by atoms with Crippen LogP contribution < -0.4 is 4.90 Å². The molecule has 0 saturated carbocycles. The van der Waals surface area contributed by atoms with Crippen LogP contribution in [0.5, 0.6) is 0 Å². The normalized spacial score (nSPS) is 17.1. The van der Waals surface area contributed by atoms with Crippen LogP contribution in [0.1, 0.15) is 35.9 Å². The van der Waals surface area contributed by atoms with E-state index in [1.807, 2.05) is 41.4 Å². The largest absolute Gasteiger partial charge is 0.384 e. The second kappa shape index (κ2) is 8.99. The molecule has 2 aromatic heterocycles. The first-order chi connectivity index (χ1) is 13.1. The van der Waals surface area contributed by atoms with Gasteiger partial charge in [-0.05, 0) is 37.8 Å². The number of hydrogen-bond acceptors (Lipinski definition) is 5. The van der Waals surface area contributed by atoms with E-state index in [9.17, 15) is 4.79 Å². The Bertz CT molecular complexity index is 741. The molecular formula is C20H29N5O2. The van der Waals surface area contributed by atoms with Gasteiger partial charge in [-0.3, -0.25) is 4.79 Å². The number of aromatic nitrogens is 3. The minimum Gasteiger partial charge on any atom is -0.384 e. The highest BCUT2D eigenvalue weighted by molar-refractivity contribution is 5.94. The first-order valence-corrected chi connectivity index (χ1v) is 9.57. The van der Waals surface area contributed by atoms with Gasteiger partial charge in [-0.25, -0.2) is 9.97 Å². The lowest BCUT2D eigenvalue weighted by Gasteiger charge is -2.32. The molecular weight excluding hydrogens is 342 g/mol. The molecule has 1 saturated heterocycles. The van der Waals surface area contributed by atoms with E-state index < -0.39 is 0 Å². The van der Waals surface area contributed by atoms with Gasteiger partial charge in [-0.2, -0.15) is 0 Å². The van der Waals surface area contributed by atoms with Crippen molar-refractivity contribution >= 4 is 11.7 Å². The van der Waals surface area contributed by atoms with Gasteiger partial charge in [0.05, 0.1) is 18.7 Å². The van der Waals surface area contributed by atoms with E-state index in [0.717, 1.165) is 44.1 Å². The first kappa shape index (κ1) is 19.4. The third-order valence-electron chi connectivity index (χ3n) is 5.12. The van der Waals surface area contributed by atoms with Gasteiger partial charge in [0.2, 0.25) is 0 Å². The Labute approximate surface area is 161 Å². The Hall–Kier alpha value is -2.41. The fourth-order valence-corrected chi connectivity index (χ4v) is 3.61. The molecule has 0 bridgehead atoms. The van der Waals surface area contributed by atoms with Crippen molar-refractivity contribution < 1.29 is 9.53 Å². The maximum Gasteiger partial charge on any atom is 0.255 e. The van der Waals surface area contributed by atoms with E-state index in [-0.39, 0.29) is 5.91 Å². The molecule has 3 rings (SSSR count). The summed E-state index contributed by atoms with van der Waals surface area (Å²) in [5, 5.41) is 0. The summed E-state index contributed by atoms with van der Waals surface area (Å²) in [4.78, 5) is 25.7. The van der Waals surface area contributed by atoms with Crippen molar-refractivity contribution in [2.75, 3.05) is 38.8 Å². The molecule has 1 aliphatic rings. The molecule has 3 heterocycles. The minimum atomic E-state index is 0.0547. The van der Waals surface area contributed by atoms with Crippen molar-refractivity contribution in [1.82, 2.24) is 19.4 Å². The molecule has 0 N–H and O–H groups in total. The summed E-state index contributed by atoms with van der Waals surface area (Å²) in [6, 6.07) is 3.77. The van der Waals surface area contributed by atoms with E-state index in [1.54, 1.807) is 13.3 Å². The van der Waals surface area contributed by atoms with E-state index in [1.165, 1.54) is 0 Å². The number of anilines is 1. The number of nitrogens with zero attached hydrogens (tertiary/aromatic N) is 5. The number of hydrogen-bond donors (Lipinski definition) is 0. The molecule has 1 atom stereocenters. The Kier molecular flexibility index (Phi) is 6.45. The highest BCUT2D eigenvalue weighted by Gasteiger charge is 2.24. The van der Waals surface area contributed by atoms with E-state index >= 15 is 0 Å². The van der Waals surface area contributed by atoms with Crippen molar-refractivity contribution in [3.8, 4) is 0 Å². The third-order valence-corrected chi connectivity index (χ3v) is 5.12. The number of amides is 1. The van der Waals surface area contributed by atoms with Crippen LogP contribution in [0.25, 0.3) is 0 Å². The monoisotopic (exact) mass is 371 g/mol. The Morgan fingerprint density at radius 3 is 2.93 bits per heavy atom. The number of carbonyl (C=O) groups is 1. The number of imidazole rings is 1. The van der Waals surface area contributed by atoms with E-state index in [4.69, 9.17) is 4.74 Å². The molecule has 1 amide bonds. The quantitative estimate of drug-likeness (QED) is 0.748. The highest BCUT2D eigenvalue weighted by atomic mass is 16.5. The number of ether oxygens (including phenoxy) is 1. The van der Waals surface area contributed by atoms with Crippen LogP contribution in [0.15, 0.2) is 30.7 Å². The maximum absolute atomic E-state index is 12.8. The van der Waals surface area contributed by atoms with Crippen LogP contribution in [-0.4, -0.2) is 59.2 Å². The lowest BCUT2D eigenvalue weighted by molar-refractivity contribution is 0.0570. The zero-order valence-electron chi connectivity index (χ0n) is 16.5. The average molecular weight is 371 g/mol. The SMILES string of the molecule is CCn1ccnc1CN(C)c1ccc(C(=O)N2CCC[C@H](COC)C2)cn1. The molecule has 1 aliphatic heterocycles. The zero-order chi connectivity index (χ0) is 19.2. The van der Waals surface area contributed by atoms with Crippen molar-refractivity contribution in [2.24, 2.45) is 5.92 Å². The van der Waals surface area contributed by atoms with E-state index in [2.05, 4.69) is 21.5 Å². The summed E-state index contributed by atoms with van der Waals surface area (Å²) >= 11 is 0. The number of carbonyl (C=O) groups excluding carboxylic acids is 1. The topological polar surface area (TPSA) is 63.5 Å². The molecule has 2 aromatic rings. The number of likely N-dealkylation sites (tertiary alicyclic amines) is 1. The van der Waals surface area contributed by atoms with E-state index in [0.29, 0.717) is 24.6 Å². The molecule has 7 nitrogen and oxygen atoms in total. The lowest BCUT2D eigenvalue weighted by Crippen LogP contribution is -2.41. The number of pyridine rings is 1. The first-order valence-electron chi connectivity index (χ1n) is 9.57. The molecule has 0 aliphatic carbocycles. The minimum absolute atomic E-state index is 0.0547. The Balaban J connectivity index is 1.63. The fraction of sp³-hybridized carbons (Fsp3) is 0.550. The predicted octanol–water partition coefficient (Wildman–Crippen LogP) is 2.43. The lowest BCUT2D eigenvalue weighted by atomic mass is 9.98. The van der Waals surface area contributed by atoms with Gasteiger partial charge >= 0.3 is 0 Å². The van der Waals surface area contributed by atoms with Gasteiger partial charge in [0.1, 0.15) is 11.6 Å². The summed E-state index contributed by atoms with van der Waals surface area (Å²) in [5.74, 6) is 2.31. The van der Waals surface area contributed by atoms with Crippen LogP contribution in [0, 0.1) is 5.92 Å². The molecule has 0 aromatic carbocycles. The van der Waals surface area contributed by atoms with Gasteiger partial charge in [0.15, 0.2) is 0 Å². The molecule has 0 radical (unpaired) electrons. The van der Waals surface area contributed by atoms with Crippen molar-refractivity contribution in [3.63, 3.8) is 0 Å². The van der Waals surface area contributed by atoms with Gasteiger partial charge in [-0.15, -0.1) is 0 Å². The number of piperidine rings is 1. The van der Waals surface area contributed by atoms with Gasteiger partial charge in [0, 0.05) is 52.4 Å². The van der Waals surface area contributed by atoms with Crippen molar-refractivity contribution in [2.45, 2.75) is 32.9 Å². The summed E-state index contributed by atoms with van der Waals surface area (Å²) in [6.07, 6.45) is 7.62. The Morgan fingerprint density at radius 1 is 1.37 bits per heavy atom. The molecule has 7 heteroatoms. The third kappa shape index (κ3) is 4.66. The number of methoxy groups -OCH3 is 1. The second-order valence-electron chi connectivity index (χ2n) is 7.11. The van der Waals surface area contributed by atoms with Gasteiger partial charge in [-0.1, -0.05) is 0 Å². The van der Waals surface area contributed by atoms with Gasteiger partial charge in [0.25, 0.3) is 5.91 Å². The van der Waals surface area contributed by atoms with Crippen LogP contribution >= 0.6 is 0 Å². The smallest absolute Gasteiger partial charge is 0.255 e. The molecule has 27 heavy (non-hydrogen) atoms. The summed E-state index contributed by atoms with van der Waals surface area (Å²) in [6.45, 7) is 5.94. The number of aryl methyl sites for hydroxylation is 1. The predicted molar refractivity (Wildman–Crippen MR) is 105 cm³/mol. The van der Waals surface area contributed by atoms with Crippen LogP contribution in [0.4, 0.5) is 5.82 Å². The van der Waals surface area contributed by atoms with Crippen LogP contribution in [-0.2, 0) is 17.8 Å². The standard InChI is InChI=1S/C20H29N5O2/c1-4-24-11-9-21-19(24)14-23(2)18-8-7-17(12-22-18)20(26)25-10-5-6-16(13-25)15-27-3/h7-9,11-12,16H,4-6,10,13-15H2,1-3H3/t16-/m0/s1. The maximum atomic E-state index is 12.8. The molecule has 0 spiro atoms. The fourth-order valence-electron chi connectivity index (χ4n) is 3.61. The highest BCUT2D eigenvalue weighted by Crippen LogP contribution is 2.20. The molecule has 146 valence electrons. The summed E-state index contributed by atoms with van der Waals surface area (Å²) in [5.41, 5.74) is 0.639. The zero-order valence-corrected chi connectivity index (χ0v) is 16.5. The average Bonchev–Trinajstić information content (AvgIpc) is 3.15. The van der Waals surface area contributed by atoms with Gasteiger partial charge < -0.3 is 19.1 Å². The number of rotatable bonds is 7. The summed E-state index contributed by atoms with van der Waals surface area (Å²) in [7, 11) is 3.70.